The van der Waals surface area contributed by atoms with Gasteiger partial charge in [0.05, 0.1) is 12.7 Å². The number of rotatable bonds is 5. The van der Waals surface area contributed by atoms with Crippen molar-refractivity contribution in [3.63, 3.8) is 0 Å². The van der Waals surface area contributed by atoms with Gasteiger partial charge in [0.25, 0.3) is 0 Å². The minimum Gasteiger partial charge on any atom is -0.441 e. The van der Waals surface area contributed by atoms with Crippen LogP contribution in [0.5, 0.6) is 0 Å². The summed E-state index contributed by atoms with van der Waals surface area (Å²) < 4.78 is 5.77. The van der Waals surface area contributed by atoms with Crippen molar-refractivity contribution < 1.29 is 9.52 Å². The third kappa shape index (κ3) is 2.54. The lowest BCUT2D eigenvalue weighted by Gasteiger charge is -2.26. The van der Waals surface area contributed by atoms with E-state index in [4.69, 9.17) is 4.42 Å². The first kappa shape index (κ1) is 14.5. The number of nitrogens with one attached hydrogen (secondary N) is 1. The molecule has 0 saturated carbocycles. The molecule has 0 bridgehead atoms. The summed E-state index contributed by atoms with van der Waals surface area (Å²) in [4.78, 5) is 4.30. The molecule has 2 aromatic carbocycles. The van der Waals surface area contributed by atoms with E-state index in [0.29, 0.717) is 12.3 Å². The number of aromatic nitrogens is 1. The molecule has 0 spiro atoms. The summed E-state index contributed by atoms with van der Waals surface area (Å²) in [5.74, 6) is 0.956. The second-order valence-corrected chi connectivity index (χ2v) is 5.10. The van der Waals surface area contributed by atoms with Crippen LogP contribution >= 0.6 is 0 Å². The lowest BCUT2D eigenvalue weighted by Crippen LogP contribution is -2.29. The van der Waals surface area contributed by atoms with Gasteiger partial charge in [-0.2, -0.15) is 0 Å². The zero-order valence-electron chi connectivity index (χ0n) is 12.4. The summed E-state index contributed by atoms with van der Waals surface area (Å²) in [6.07, 6.45) is 1.64. The van der Waals surface area contributed by atoms with Crippen LogP contribution in [0.1, 0.15) is 22.8 Å². The minimum atomic E-state index is -1.41. The molecule has 0 amide bonds. The first-order valence-electron chi connectivity index (χ1n) is 7.18. The number of oxazole rings is 1. The Morgan fingerprint density at radius 3 is 2.05 bits per heavy atom. The van der Waals surface area contributed by atoms with Gasteiger partial charge >= 0.3 is 0 Å². The molecule has 0 aliphatic heterocycles. The second kappa shape index (κ2) is 6.13. The molecule has 2 N–H and O–H groups in total. The molecule has 0 aliphatic rings. The molecule has 22 heavy (non-hydrogen) atoms. The molecular formula is C18H18N2O2. The highest BCUT2D eigenvalue weighted by molar-refractivity contribution is 5.41. The van der Waals surface area contributed by atoms with E-state index in [1.165, 1.54) is 0 Å². The van der Waals surface area contributed by atoms with Crippen LogP contribution in [-0.4, -0.2) is 17.1 Å². The van der Waals surface area contributed by atoms with Crippen LogP contribution in [0.15, 0.2) is 71.3 Å². The van der Waals surface area contributed by atoms with Crippen molar-refractivity contribution in [3.8, 4) is 0 Å². The first-order chi connectivity index (χ1) is 10.7. The van der Waals surface area contributed by atoms with E-state index in [2.05, 4.69) is 10.3 Å². The van der Waals surface area contributed by atoms with Gasteiger partial charge in [-0.15, -0.1) is 0 Å². The molecule has 0 fully saturated rings. The van der Waals surface area contributed by atoms with Crippen LogP contribution in [0.3, 0.4) is 0 Å². The smallest absolute Gasteiger partial charge is 0.236 e. The molecule has 0 radical (unpaired) electrons. The highest BCUT2D eigenvalue weighted by atomic mass is 16.4. The molecule has 1 heterocycles. The summed E-state index contributed by atoms with van der Waals surface area (Å²) in [6.45, 7) is 0.562. The number of hydrogen-bond acceptors (Lipinski definition) is 4. The Bertz CT molecular complexity index is 684. The highest BCUT2D eigenvalue weighted by Gasteiger charge is 2.38. The topological polar surface area (TPSA) is 58.3 Å². The predicted molar refractivity (Wildman–Crippen MR) is 84.3 cm³/mol. The maximum atomic E-state index is 11.4. The van der Waals surface area contributed by atoms with Crippen LogP contribution < -0.4 is 5.32 Å². The Hall–Kier alpha value is -2.43. The summed E-state index contributed by atoms with van der Waals surface area (Å²) in [5, 5.41) is 14.4. The normalized spacial score (nSPS) is 11.5. The van der Waals surface area contributed by atoms with E-state index in [1.807, 2.05) is 67.7 Å². The monoisotopic (exact) mass is 294 g/mol. The largest absolute Gasteiger partial charge is 0.441 e. The third-order valence-electron chi connectivity index (χ3n) is 3.60. The molecule has 112 valence electrons. The highest BCUT2D eigenvalue weighted by Crippen LogP contribution is 2.35. The van der Waals surface area contributed by atoms with Crippen LogP contribution in [0.4, 0.5) is 0 Å². The predicted octanol–water partition coefficient (Wildman–Crippen LogP) is 2.68. The van der Waals surface area contributed by atoms with Crippen molar-refractivity contribution >= 4 is 0 Å². The molecule has 0 atom stereocenters. The van der Waals surface area contributed by atoms with Crippen molar-refractivity contribution in [2.75, 3.05) is 7.05 Å². The SMILES string of the molecule is CNCc1cnc(C(O)(c2ccccc2)c2ccccc2)o1. The molecule has 0 aliphatic carbocycles. The maximum Gasteiger partial charge on any atom is 0.236 e. The average Bonchev–Trinajstić information content (AvgIpc) is 3.05. The van der Waals surface area contributed by atoms with Gasteiger partial charge in [0.1, 0.15) is 5.76 Å². The number of aliphatic hydroxyl groups is 1. The standard InChI is InChI=1S/C18H18N2O2/c1-19-12-16-13-20-17(22-16)18(21,14-8-4-2-5-9-14)15-10-6-3-7-11-15/h2-11,13,19,21H,12H2,1H3. The maximum absolute atomic E-state index is 11.4. The van der Waals surface area contributed by atoms with E-state index in [9.17, 15) is 5.11 Å². The number of nitrogens with zero attached hydrogens (tertiary/aromatic N) is 1. The van der Waals surface area contributed by atoms with Gasteiger partial charge in [-0.3, -0.25) is 0 Å². The van der Waals surface area contributed by atoms with Crippen LogP contribution in [0.25, 0.3) is 0 Å². The van der Waals surface area contributed by atoms with Crippen LogP contribution in [-0.2, 0) is 12.1 Å². The Labute approximate surface area is 129 Å². The van der Waals surface area contributed by atoms with Crippen molar-refractivity contribution in [2.45, 2.75) is 12.1 Å². The third-order valence-corrected chi connectivity index (χ3v) is 3.60. The molecule has 0 saturated heterocycles. The van der Waals surface area contributed by atoms with Crippen molar-refractivity contribution in [1.82, 2.24) is 10.3 Å². The van der Waals surface area contributed by atoms with Crippen LogP contribution in [0.2, 0.25) is 0 Å². The van der Waals surface area contributed by atoms with Gasteiger partial charge in [0, 0.05) is 0 Å². The summed E-state index contributed by atoms with van der Waals surface area (Å²) in [5.41, 5.74) is 0.0345. The Kier molecular flexibility index (Phi) is 4.04. The number of benzene rings is 2. The van der Waals surface area contributed by atoms with Crippen LogP contribution in [0, 0.1) is 0 Å². The molecular weight excluding hydrogens is 276 g/mol. The van der Waals surface area contributed by atoms with Gasteiger partial charge in [-0.25, -0.2) is 4.98 Å². The minimum absolute atomic E-state index is 0.273. The fourth-order valence-corrected chi connectivity index (χ4v) is 2.50. The second-order valence-electron chi connectivity index (χ2n) is 5.10. The van der Waals surface area contributed by atoms with E-state index >= 15 is 0 Å². The van der Waals surface area contributed by atoms with Crippen molar-refractivity contribution in [1.29, 1.82) is 0 Å². The van der Waals surface area contributed by atoms with E-state index in [0.717, 1.165) is 11.1 Å². The van der Waals surface area contributed by atoms with Crippen molar-refractivity contribution in [2.24, 2.45) is 0 Å². The van der Waals surface area contributed by atoms with Gasteiger partial charge < -0.3 is 14.8 Å². The van der Waals surface area contributed by atoms with Crippen molar-refractivity contribution in [3.05, 3.63) is 89.6 Å². The summed E-state index contributed by atoms with van der Waals surface area (Å²) >= 11 is 0. The molecule has 4 nitrogen and oxygen atoms in total. The summed E-state index contributed by atoms with van der Waals surface area (Å²) in [6, 6.07) is 18.9. The zero-order valence-corrected chi connectivity index (χ0v) is 12.4. The Balaban J connectivity index is 2.14. The molecule has 1 aromatic heterocycles. The first-order valence-corrected chi connectivity index (χ1v) is 7.18. The van der Waals surface area contributed by atoms with Gasteiger partial charge in [0.2, 0.25) is 5.89 Å². The zero-order chi connectivity index (χ0) is 15.4. The fourth-order valence-electron chi connectivity index (χ4n) is 2.50. The Morgan fingerprint density at radius 1 is 1.00 bits per heavy atom. The number of hydrogen-bond donors (Lipinski definition) is 2. The quantitative estimate of drug-likeness (QED) is 0.759. The molecule has 3 aromatic rings. The van der Waals surface area contributed by atoms with E-state index in [1.54, 1.807) is 6.20 Å². The van der Waals surface area contributed by atoms with Gasteiger partial charge in [-0.1, -0.05) is 60.7 Å². The van der Waals surface area contributed by atoms with Gasteiger partial charge in [0.15, 0.2) is 5.60 Å². The molecule has 3 rings (SSSR count). The Morgan fingerprint density at radius 2 is 1.55 bits per heavy atom. The summed E-state index contributed by atoms with van der Waals surface area (Å²) in [7, 11) is 1.84. The van der Waals surface area contributed by atoms with E-state index < -0.39 is 5.60 Å². The molecule has 4 heteroatoms. The van der Waals surface area contributed by atoms with Gasteiger partial charge in [-0.05, 0) is 18.2 Å². The van der Waals surface area contributed by atoms with E-state index in [-0.39, 0.29) is 5.89 Å². The lowest BCUT2D eigenvalue weighted by molar-refractivity contribution is 0.0912. The average molecular weight is 294 g/mol. The fraction of sp³-hybridized carbons (Fsp3) is 0.167. The molecule has 0 unspecified atom stereocenters. The lowest BCUT2D eigenvalue weighted by atomic mass is 9.86.